The summed E-state index contributed by atoms with van der Waals surface area (Å²) in [7, 11) is 3.68. The summed E-state index contributed by atoms with van der Waals surface area (Å²) in [6, 6.07) is 2.21. The molecule has 3 atom stereocenters. The van der Waals surface area contributed by atoms with Crippen molar-refractivity contribution in [1.82, 2.24) is 10.3 Å². The molecule has 1 aromatic heterocycles. The maximum Gasteiger partial charge on any atom is 0.137 e. The zero-order valence-electron chi connectivity index (χ0n) is 13.7. The van der Waals surface area contributed by atoms with E-state index in [-0.39, 0.29) is 11.6 Å². The number of rotatable bonds is 6. The molecule has 0 aromatic carbocycles. The quantitative estimate of drug-likeness (QED) is 0.873. The third-order valence-electron chi connectivity index (χ3n) is 4.54. The summed E-state index contributed by atoms with van der Waals surface area (Å²) in [5, 5.41) is 3.47. The lowest BCUT2D eigenvalue weighted by molar-refractivity contribution is -0.100. The third kappa shape index (κ3) is 3.55. The summed E-state index contributed by atoms with van der Waals surface area (Å²) in [5.41, 5.74) is 0.995. The minimum absolute atomic E-state index is 0.141. The first-order chi connectivity index (χ1) is 10.1. The highest BCUT2D eigenvalue weighted by Crippen LogP contribution is 2.43. The van der Waals surface area contributed by atoms with Gasteiger partial charge >= 0.3 is 0 Å². The predicted molar refractivity (Wildman–Crippen MR) is 84.6 cm³/mol. The monoisotopic (exact) mass is 292 g/mol. The molecule has 1 saturated carbocycles. The number of likely N-dealkylation sites (N-methyl/N-ethyl adjacent to an activating group) is 1. The summed E-state index contributed by atoms with van der Waals surface area (Å²) in [4.78, 5) is 4.31. The Morgan fingerprint density at radius 2 is 2.29 bits per heavy atom. The highest BCUT2D eigenvalue weighted by atomic mass is 16.5. The van der Waals surface area contributed by atoms with Crippen molar-refractivity contribution in [3.05, 3.63) is 24.0 Å². The van der Waals surface area contributed by atoms with E-state index >= 15 is 0 Å². The zero-order chi connectivity index (χ0) is 15.3. The fourth-order valence-electron chi connectivity index (χ4n) is 3.75. The SMILES string of the molecule is CCOC1(C(NC)c2cncc(OC)c2)CCCC(C)C1. The van der Waals surface area contributed by atoms with Crippen LogP contribution in [-0.4, -0.2) is 31.3 Å². The van der Waals surface area contributed by atoms with Crippen LogP contribution in [0, 0.1) is 5.92 Å². The molecule has 0 spiro atoms. The van der Waals surface area contributed by atoms with Crippen LogP contribution in [0.15, 0.2) is 18.5 Å². The van der Waals surface area contributed by atoms with Crippen molar-refractivity contribution in [2.75, 3.05) is 20.8 Å². The molecule has 0 aliphatic heterocycles. The van der Waals surface area contributed by atoms with E-state index in [9.17, 15) is 0 Å². The van der Waals surface area contributed by atoms with E-state index < -0.39 is 0 Å². The molecule has 1 heterocycles. The van der Waals surface area contributed by atoms with Gasteiger partial charge in [-0.15, -0.1) is 0 Å². The van der Waals surface area contributed by atoms with E-state index in [1.165, 1.54) is 12.8 Å². The lowest BCUT2D eigenvalue weighted by Gasteiger charge is -2.45. The van der Waals surface area contributed by atoms with E-state index in [4.69, 9.17) is 9.47 Å². The summed E-state index contributed by atoms with van der Waals surface area (Å²) < 4.78 is 11.6. The van der Waals surface area contributed by atoms with Crippen LogP contribution in [0.2, 0.25) is 0 Å². The summed E-state index contributed by atoms with van der Waals surface area (Å²) in [6.07, 6.45) is 8.35. The Labute approximate surface area is 128 Å². The molecule has 2 rings (SSSR count). The molecule has 118 valence electrons. The van der Waals surface area contributed by atoms with E-state index in [0.29, 0.717) is 5.92 Å². The molecule has 1 aliphatic carbocycles. The molecule has 1 aliphatic rings. The Morgan fingerprint density at radius 1 is 1.48 bits per heavy atom. The van der Waals surface area contributed by atoms with Crippen LogP contribution in [0.25, 0.3) is 0 Å². The van der Waals surface area contributed by atoms with Crippen molar-refractivity contribution in [2.45, 2.75) is 51.2 Å². The largest absolute Gasteiger partial charge is 0.495 e. The van der Waals surface area contributed by atoms with Gasteiger partial charge in [0.1, 0.15) is 5.75 Å². The summed E-state index contributed by atoms with van der Waals surface area (Å²) >= 11 is 0. The molecule has 3 unspecified atom stereocenters. The number of methoxy groups -OCH3 is 1. The zero-order valence-corrected chi connectivity index (χ0v) is 13.7. The summed E-state index contributed by atoms with van der Waals surface area (Å²) in [6.45, 7) is 5.14. The topological polar surface area (TPSA) is 43.4 Å². The normalized spacial score (nSPS) is 27.3. The van der Waals surface area contributed by atoms with Crippen LogP contribution in [0.4, 0.5) is 0 Å². The van der Waals surface area contributed by atoms with Crippen LogP contribution in [0.3, 0.4) is 0 Å². The second-order valence-electron chi connectivity index (χ2n) is 6.08. The van der Waals surface area contributed by atoms with Crippen LogP contribution in [0.1, 0.15) is 51.1 Å². The number of hydrogen-bond donors (Lipinski definition) is 1. The van der Waals surface area contributed by atoms with Gasteiger partial charge in [-0.2, -0.15) is 0 Å². The van der Waals surface area contributed by atoms with Gasteiger partial charge < -0.3 is 14.8 Å². The second kappa shape index (κ2) is 7.23. The predicted octanol–water partition coefficient (Wildman–Crippen LogP) is 3.34. The summed E-state index contributed by atoms with van der Waals surface area (Å²) in [5.74, 6) is 1.49. The number of ether oxygens (including phenoxy) is 2. The van der Waals surface area contributed by atoms with Gasteiger partial charge in [0, 0.05) is 12.8 Å². The number of hydrogen-bond acceptors (Lipinski definition) is 4. The minimum atomic E-state index is -0.144. The Hall–Kier alpha value is -1.13. The molecule has 0 saturated heterocycles. The third-order valence-corrected chi connectivity index (χ3v) is 4.54. The fourth-order valence-corrected chi connectivity index (χ4v) is 3.75. The lowest BCUT2D eigenvalue weighted by Crippen LogP contribution is -2.48. The van der Waals surface area contributed by atoms with Crippen molar-refractivity contribution in [3.63, 3.8) is 0 Å². The van der Waals surface area contributed by atoms with Crippen molar-refractivity contribution in [1.29, 1.82) is 0 Å². The van der Waals surface area contributed by atoms with Crippen LogP contribution < -0.4 is 10.1 Å². The molecule has 1 fully saturated rings. The Balaban J connectivity index is 2.34. The van der Waals surface area contributed by atoms with Crippen LogP contribution in [-0.2, 0) is 4.74 Å². The van der Waals surface area contributed by atoms with Crippen molar-refractivity contribution < 1.29 is 9.47 Å². The van der Waals surface area contributed by atoms with Gasteiger partial charge in [0.15, 0.2) is 0 Å². The van der Waals surface area contributed by atoms with E-state index in [1.54, 1.807) is 13.3 Å². The first-order valence-electron chi connectivity index (χ1n) is 7.95. The van der Waals surface area contributed by atoms with E-state index in [2.05, 4.69) is 30.2 Å². The average molecular weight is 292 g/mol. The van der Waals surface area contributed by atoms with Gasteiger partial charge in [0.25, 0.3) is 0 Å². The maximum absolute atomic E-state index is 6.29. The molecular weight excluding hydrogens is 264 g/mol. The molecule has 0 radical (unpaired) electrons. The number of nitrogens with one attached hydrogen (secondary N) is 1. The first-order valence-corrected chi connectivity index (χ1v) is 7.95. The Bertz CT molecular complexity index is 448. The van der Waals surface area contributed by atoms with Gasteiger partial charge in [0.2, 0.25) is 0 Å². The molecule has 4 heteroatoms. The van der Waals surface area contributed by atoms with Gasteiger partial charge in [-0.25, -0.2) is 0 Å². The average Bonchev–Trinajstić information content (AvgIpc) is 2.48. The van der Waals surface area contributed by atoms with Crippen molar-refractivity contribution >= 4 is 0 Å². The van der Waals surface area contributed by atoms with Gasteiger partial charge in [-0.1, -0.05) is 19.8 Å². The molecule has 1 aromatic rings. The van der Waals surface area contributed by atoms with Gasteiger partial charge in [0.05, 0.1) is 24.9 Å². The smallest absolute Gasteiger partial charge is 0.137 e. The number of nitrogens with zero attached hydrogens (tertiary/aromatic N) is 1. The Morgan fingerprint density at radius 3 is 2.90 bits per heavy atom. The molecule has 4 nitrogen and oxygen atoms in total. The van der Waals surface area contributed by atoms with Gasteiger partial charge in [-0.3, -0.25) is 4.98 Å². The second-order valence-corrected chi connectivity index (χ2v) is 6.08. The fraction of sp³-hybridized carbons (Fsp3) is 0.706. The minimum Gasteiger partial charge on any atom is -0.495 e. The van der Waals surface area contributed by atoms with Crippen molar-refractivity contribution in [3.8, 4) is 5.75 Å². The highest BCUT2D eigenvalue weighted by molar-refractivity contribution is 5.28. The first kappa shape index (κ1) is 16.2. The lowest BCUT2D eigenvalue weighted by atomic mass is 9.73. The van der Waals surface area contributed by atoms with Crippen molar-refractivity contribution in [2.24, 2.45) is 5.92 Å². The highest BCUT2D eigenvalue weighted by Gasteiger charge is 2.43. The maximum atomic E-state index is 6.29. The molecule has 0 amide bonds. The molecular formula is C17H28N2O2. The van der Waals surface area contributed by atoms with E-state index in [1.807, 2.05) is 13.2 Å². The Kier molecular flexibility index (Phi) is 5.59. The molecule has 21 heavy (non-hydrogen) atoms. The van der Waals surface area contributed by atoms with Gasteiger partial charge in [-0.05, 0) is 44.4 Å². The van der Waals surface area contributed by atoms with E-state index in [0.717, 1.165) is 30.8 Å². The van der Waals surface area contributed by atoms with Crippen LogP contribution in [0.5, 0.6) is 5.75 Å². The molecule has 1 N–H and O–H groups in total. The number of pyridine rings is 1. The van der Waals surface area contributed by atoms with Crippen LogP contribution >= 0.6 is 0 Å². The standard InChI is InChI=1S/C17H28N2O2/c1-5-21-17(8-6-7-13(2)10-17)16(18-3)14-9-15(20-4)12-19-11-14/h9,11-13,16,18H,5-8,10H2,1-4H3. The number of aromatic nitrogens is 1. The molecule has 0 bridgehead atoms.